The molecule has 0 spiro atoms. The molecule has 1 amide bonds. The van der Waals surface area contributed by atoms with Crippen LogP contribution in [0.15, 0.2) is 0 Å². The number of aryl methyl sites for hydroxylation is 2. The monoisotopic (exact) mass is 255 g/mol. The third-order valence-electron chi connectivity index (χ3n) is 2.92. The van der Waals surface area contributed by atoms with Crippen LogP contribution >= 0.6 is 11.3 Å². The maximum Gasteiger partial charge on any atom is 0.233 e. The second-order valence-corrected chi connectivity index (χ2v) is 5.38. The summed E-state index contributed by atoms with van der Waals surface area (Å²) in [7, 11) is 0. The lowest BCUT2D eigenvalue weighted by molar-refractivity contribution is -0.120. The fraction of sp³-hybridized carbons (Fsp3) is 0.636. The highest BCUT2D eigenvalue weighted by molar-refractivity contribution is 7.15. The van der Waals surface area contributed by atoms with E-state index in [2.05, 4.69) is 10.3 Å². The smallest absolute Gasteiger partial charge is 0.233 e. The van der Waals surface area contributed by atoms with Crippen LogP contribution in [0.3, 0.4) is 0 Å². The minimum Gasteiger partial charge on any atom is -0.379 e. The van der Waals surface area contributed by atoms with Crippen molar-refractivity contribution in [3.05, 3.63) is 10.6 Å². The van der Waals surface area contributed by atoms with Crippen LogP contribution in [0.4, 0.5) is 5.13 Å². The second kappa shape index (κ2) is 5.12. The molecule has 0 radical (unpaired) electrons. The molecule has 0 aromatic carbocycles. The lowest BCUT2D eigenvalue weighted by Crippen LogP contribution is -2.37. The molecule has 94 valence electrons. The van der Waals surface area contributed by atoms with E-state index >= 15 is 0 Å². The van der Waals surface area contributed by atoms with Gasteiger partial charge in [0.1, 0.15) is 0 Å². The highest BCUT2D eigenvalue weighted by Gasteiger charge is 2.31. The van der Waals surface area contributed by atoms with E-state index in [0.717, 1.165) is 17.0 Å². The van der Waals surface area contributed by atoms with Gasteiger partial charge in [0, 0.05) is 10.9 Å². The minimum atomic E-state index is -0.260. The number of nitrogens with zero attached hydrogens (tertiary/aromatic N) is 1. The van der Waals surface area contributed by atoms with Gasteiger partial charge in [-0.1, -0.05) is 6.92 Å². The molecule has 1 aliphatic rings. The molecule has 0 bridgehead atoms. The number of thiazole rings is 1. The van der Waals surface area contributed by atoms with Gasteiger partial charge in [0.2, 0.25) is 5.91 Å². The first-order valence-corrected chi connectivity index (χ1v) is 6.54. The van der Waals surface area contributed by atoms with Gasteiger partial charge in [-0.2, -0.15) is 0 Å². The van der Waals surface area contributed by atoms with Crippen LogP contribution in [0.2, 0.25) is 0 Å². The zero-order valence-electron chi connectivity index (χ0n) is 10.0. The summed E-state index contributed by atoms with van der Waals surface area (Å²) in [5.74, 6) is -0.351. The fourth-order valence-electron chi connectivity index (χ4n) is 1.85. The molecule has 1 aromatic heterocycles. The standard InChI is InChI=1S/C11H17N3O2S/c1-3-9-6(2)17-11(13-9)14-10(15)7-4-16-5-8(7)12/h7-8H,3-5,12H2,1-2H3,(H,13,14,15). The Hall–Kier alpha value is -0.980. The Morgan fingerprint density at radius 3 is 2.94 bits per heavy atom. The third kappa shape index (κ3) is 2.65. The molecule has 17 heavy (non-hydrogen) atoms. The van der Waals surface area contributed by atoms with E-state index in [1.54, 1.807) is 0 Å². The van der Waals surface area contributed by atoms with Crippen molar-refractivity contribution < 1.29 is 9.53 Å². The molecule has 2 rings (SSSR count). The Balaban J connectivity index is 2.02. The van der Waals surface area contributed by atoms with Gasteiger partial charge in [-0.15, -0.1) is 11.3 Å². The van der Waals surface area contributed by atoms with E-state index < -0.39 is 0 Å². The number of hydrogen-bond donors (Lipinski definition) is 2. The minimum absolute atomic E-state index is 0.0913. The Morgan fingerprint density at radius 1 is 1.65 bits per heavy atom. The van der Waals surface area contributed by atoms with Gasteiger partial charge in [0.05, 0.1) is 24.8 Å². The van der Waals surface area contributed by atoms with E-state index in [0.29, 0.717) is 18.3 Å². The quantitative estimate of drug-likeness (QED) is 0.842. The fourth-order valence-corrected chi connectivity index (χ4v) is 2.75. The summed E-state index contributed by atoms with van der Waals surface area (Å²) in [6, 6.07) is -0.207. The molecular weight excluding hydrogens is 238 g/mol. The number of anilines is 1. The molecule has 1 aromatic rings. The van der Waals surface area contributed by atoms with E-state index in [-0.39, 0.29) is 17.9 Å². The van der Waals surface area contributed by atoms with Crippen molar-refractivity contribution in [3.63, 3.8) is 0 Å². The zero-order valence-corrected chi connectivity index (χ0v) is 10.8. The number of hydrogen-bond acceptors (Lipinski definition) is 5. The summed E-state index contributed by atoms with van der Waals surface area (Å²) in [5.41, 5.74) is 6.83. The van der Waals surface area contributed by atoms with Crippen LogP contribution in [0.5, 0.6) is 0 Å². The summed E-state index contributed by atoms with van der Waals surface area (Å²) in [5, 5.41) is 3.47. The number of carbonyl (C=O) groups excluding carboxylic acids is 1. The summed E-state index contributed by atoms with van der Waals surface area (Å²) in [4.78, 5) is 17.4. The predicted octanol–water partition coefficient (Wildman–Crippen LogP) is 0.926. The molecule has 5 nitrogen and oxygen atoms in total. The van der Waals surface area contributed by atoms with Gasteiger partial charge in [-0.25, -0.2) is 4.98 Å². The normalized spacial score (nSPS) is 23.9. The van der Waals surface area contributed by atoms with Crippen molar-refractivity contribution in [3.8, 4) is 0 Å². The van der Waals surface area contributed by atoms with Crippen LogP contribution in [-0.4, -0.2) is 30.1 Å². The molecule has 0 aliphatic carbocycles. The maximum absolute atomic E-state index is 11.9. The number of rotatable bonds is 3. The van der Waals surface area contributed by atoms with Gasteiger partial charge in [-0.05, 0) is 13.3 Å². The number of ether oxygens (including phenoxy) is 1. The molecule has 2 atom stereocenters. The van der Waals surface area contributed by atoms with E-state index in [1.165, 1.54) is 11.3 Å². The number of amides is 1. The Labute approximate surface area is 104 Å². The number of nitrogens with two attached hydrogens (primary N) is 1. The summed E-state index contributed by atoms with van der Waals surface area (Å²) in [6.07, 6.45) is 0.879. The molecule has 2 heterocycles. The predicted molar refractivity (Wildman–Crippen MR) is 67.1 cm³/mol. The van der Waals surface area contributed by atoms with E-state index in [4.69, 9.17) is 10.5 Å². The molecule has 1 aliphatic heterocycles. The molecule has 3 N–H and O–H groups in total. The first-order chi connectivity index (χ1) is 8.11. The number of carbonyl (C=O) groups is 1. The lowest BCUT2D eigenvalue weighted by atomic mass is 10.0. The van der Waals surface area contributed by atoms with Crippen LogP contribution in [0.25, 0.3) is 0 Å². The first kappa shape index (κ1) is 12.5. The molecular formula is C11H17N3O2S. The molecule has 0 saturated carbocycles. The van der Waals surface area contributed by atoms with Crippen molar-refractivity contribution in [2.24, 2.45) is 11.7 Å². The van der Waals surface area contributed by atoms with Crippen LogP contribution in [0.1, 0.15) is 17.5 Å². The lowest BCUT2D eigenvalue weighted by Gasteiger charge is -2.11. The highest BCUT2D eigenvalue weighted by Crippen LogP contribution is 2.23. The van der Waals surface area contributed by atoms with Crippen molar-refractivity contribution in [1.82, 2.24) is 4.98 Å². The van der Waals surface area contributed by atoms with Gasteiger partial charge in [0.15, 0.2) is 5.13 Å². The maximum atomic E-state index is 11.9. The van der Waals surface area contributed by atoms with Crippen LogP contribution in [-0.2, 0) is 16.0 Å². The van der Waals surface area contributed by atoms with E-state index in [1.807, 2.05) is 13.8 Å². The molecule has 1 fully saturated rings. The number of nitrogens with one attached hydrogen (secondary N) is 1. The Morgan fingerprint density at radius 2 is 2.41 bits per heavy atom. The Bertz CT molecular complexity index is 419. The summed E-state index contributed by atoms with van der Waals surface area (Å²) in [6.45, 7) is 4.91. The van der Waals surface area contributed by atoms with Crippen LogP contribution < -0.4 is 11.1 Å². The van der Waals surface area contributed by atoms with Gasteiger partial charge in [-0.3, -0.25) is 4.79 Å². The third-order valence-corrected chi connectivity index (χ3v) is 3.85. The second-order valence-electron chi connectivity index (χ2n) is 4.17. The van der Waals surface area contributed by atoms with Gasteiger partial charge < -0.3 is 15.8 Å². The molecule has 1 saturated heterocycles. The zero-order chi connectivity index (χ0) is 12.4. The van der Waals surface area contributed by atoms with Crippen molar-refractivity contribution >= 4 is 22.4 Å². The summed E-state index contributed by atoms with van der Waals surface area (Å²) >= 11 is 1.50. The topological polar surface area (TPSA) is 77.2 Å². The average molecular weight is 255 g/mol. The number of aromatic nitrogens is 1. The van der Waals surface area contributed by atoms with Gasteiger partial charge >= 0.3 is 0 Å². The van der Waals surface area contributed by atoms with Crippen molar-refractivity contribution in [2.45, 2.75) is 26.3 Å². The van der Waals surface area contributed by atoms with Gasteiger partial charge in [0.25, 0.3) is 0 Å². The van der Waals surface area contributed by atoms with E-state index in [9.17, 15) is 4.79 Å². The van der Waals surface area contributed by atoms with Crippen molar-refractivity contribution in [1.29, 1.82) is 0 Å². The Kier molecular flexibility index (Phi) is 3.76. The van der Waals surface area contributed by atoms with Crippen LogP contribution in [0, 0.1) is 12.8 Å². The largest absolute Gasteiger partial charge is 0.379 e. The average Bonchev–Trinajstić information content (AvgIpc) is 2.84. The van der Waals surface area contributed by atoms with Crippen molar-refractivity contribution in [2.75, 3.05) is 18.5 Å². The SMILES string of the molecule is CCc1nc(NC(=O)C2COCC2N)sc1C. The first-order valence-electron chi connectivity index (χ1n) is 5.72. The molecule has 2 unspecified atom stereocenters. The highest BCUT2D eigenvalue weighted by atomic mass is 32.1. The molecule has 6 heteroatoms. The summed E-state index contributed by atoms with van der Waals surface area (Å²) < 4.78 is 5.18.